The fourth-order valence-corrected chi connectivity index (χ4v) is 1.93. The van der Waals surface area contributed by atoms with Gasteiger partial charge in [-0.1, -0.05) is 0 Å². The molecule has 2 saturated heterocycles. The topological polar surface area (TPSA) is 62.2 Å². The van der Waals surface area contributed by atoms with Gasteiger partial charge in [0.05, 0.1) is 24.9 Å². The summed E-state index contributed by atoms with van der Waals surface area (Å²) in [6, 6.07) is 0. The van der Waals surface area contributed by atoms with Gasteiger partial charge in [0.1, 0.15) is 6.79 Å². The minimum absolute atomic E-state index is 0.182. The molecule has 2 heterocycles. The third kappa shape index (κ3) is 2.43. The van der Waals surface area contributed by atoms with Gasteiger partial charge in [-0.25, -0.2) is 0 Å². The van der Waals surface area contributed by atoms with Crippen molar-refractivity contribution >= 4 is 0 Å². The van der Waals surface area contributed by atoms with Gasteiger partial charge < -0.3 is 19.7 Å². The third-order valence-electron chi connectivity index (χ3n) is 2.77. The van der Waals surface area contributed by atoms with Gasteiger partial charge in [0.15, 0.2) is 0 Å². The van der Waals surface area contributed by atoms with Gasteiger partial charge in [0.25, 0.3) is 0 Å². The highest BCUT2D eigenvalue weighted by Crippen LogP contribution is 2.14. The van der Waals surface area contributed by atoms with E-state index < -0.39 is 12.2 Å². The first-order chi connectivity index (χ1) is 6.75. The van der Waals surface area contributed by atoms with E-state index in [0.717, 1.165) is 19.6 Å². The Balaban J connectivity index is 1.74. The predicted molar refractivity (Wildman–Crippen MR) is 48.8 cm³/mol. The smallest absolute Gasteiger partial charge is 0.147 e. The summed E-state index contributed by atoms with van der Waals surface area (Å²) in [5.41, 5.74) is 0. The monoisotopic (exact) mass is 203 g/mol. The Bertz CT molecular complexity index is 174. The summed E-state index contributed by atoms with van der Waals surface area (Å²) >= 11 is 0. The van der Waals surface area contributed by atoms with E-state index in [1.165, 1.54) is 0 Å². The van der Waals surface area contributed by atoms with Crippen LogP contribution in [0.25, 0.3) is 0 Å². The minimum atomic E-state index is -0.602. The number of aliphatic hydroxyl groups is 2. The van der Waals surface area contributed by atoms with Crippen molar-refractivity contribution in [1.29, 1.82) is 0 Å². The maximum absolute atomic E-state index is 9.34. The highest BCUT2D eigenvalue weighted by atomic mass is 16.7. The Morgan fingerprint density at radius 1 is 1.21 bits per heavy atom. The van der Waals surface area contributed by atoms with E-state index in [4.69, 9.17) is 9.47 Å². The molecule has 5 nitrogen and oxygen atoms in total. The zero-order chi connectivity index (χ0) is 9.97. The molecule has 5 heteroatoms. The number of nitrogens with zero attached hydrogens (tertiary/aromatic N) is 1. The van der Waals surface area contributed by atoms with E-state index in [1.807, 2.05) is 4.90 Å². The SMILES string of the molecule is O[C@@H]1CN(CC2CCOCO2)C[C@@H]1O. The molecule has 0 aromatic rings. The maximum atomic E-state index is 9.34. The van der Waals surface area contributed by atoms with Crippen molar-refractivity contribution in [3.8, 4) is 0 Å². The van der Waals surface area contributed by atoms with Crippen molar-refractivity contribution in [3.05, 3.63) is 0 Å². The van der Waals surface area contributed by atoms with Crippen LogP contribution in [-0.2, 0) is 9.47 Å². The highest BCUT2D eigenvalue weighted by Gasteiger charge is 2.31. The molecule has 2 aliphatic heterocycles. The lowest BCUT2D eigenvalue weighted by Gasteiger charge is -2.26. The largest absolute Gasteiger partial charge is 0.389 e. The molecule has 2 N–H and O–H groups in total. The molecule has 2 fully saturated rings. The number of likely N-dealkylation sites (tertiary alicyclic amines) is 1. The van der Waals surface area contributed by atoms with Crippen LogP contribution in [0, 0.1) is 0 Å². The molecule has 0 spiro atoms. The van der Waals surface area contributed by atoms with Crippen LogP contribution in [0.5, 0.6) is 0 Å². The minimum Gasteiger partial charge on any atom is -0.389 e. The highest BCUT2D eigenvalue weighted by molar-refractivity contribution is 4.84. The van der Waals surface area contributed by atoms with Gasteiger partial charge in [0, 0.05) is 19.6 Å². The number of hydrogen-bond acceptors (Lipinski definition) is 5. The summed E-state index contributed by atoms with van der Waals surface area (Å²) in [5.74, 6) is 0. The molecule has 0 radical (unpaired) electrons. The molecular formula is C9H17NO4. The van der Waals surface area contributed by atoms with Gasteiger partial charge in [-0.2, -0.15) is 0 Å². The molecule has 14 heavy (non-hydrogen) atoms. The van der Waals surface area contributed by atoms with Gasteiger partial charge in [-0.3, -0.25) is 4.90 Å². The predicted octanol–water partition coefficient (Wildman–Crippen LogP) is -1.21. The van der Waals surface area contributed by atoms with Crippen LogP contribution in [0.3, 0.4) is 0 Å². The van der Waals surface area contributed by atoms with Crippen molar-refractivity contribution in [1.82, 2.24) is 4.90 Å². The van der Waals surface area contributed by atoms with Gasteiger partial charge in [0.2, 0.25) is 0 Å². The first-order valence-corrected chi connectivity index (χ1v) is 5.03. The number of rotatable bonds is 2. The van der Waals surface area contributed by atoms with Crippen LogP contribution in [-0.4, -0.2) is 66.5 Å². The van der Waals surface area contributed by atoms with Crippen LogP contribution in [0.1, 0.15) is 6.42 Å². The number of ether oxygens (including phenoxy) is 2. The van der Waals surface area contributed by atoms with Crippen molar-refractivity contribution in [3.63, 3.8) is 0 Å². The first kappa shape index (κ1) is 10.3. The van der Waals surface area contributed by atoms with Crippen LogP contribution in [0.4, 0.5) is 0 Å². The molecule has 0 aliphatic carbocycles. The number of β-amino-alcohol motifs (C(OH)–C–C–N with tert-alkyl or cyclic N) is 2. The van der Waals surface area contributed by atoms with Crippen molar-refractivity contribution in [2.45, 2.75) is 24.7 Å². The Labute approximate surface area is 83.2 Å². The first-order valence-electron chi connectivity index (χ1n) is 5.03. The van der Waals surface area contributed by atoms with Crippen LogP contribution in [0.15, 0.2) is 0 Å². The summed E-state index contributed by atoms with van der Waals surface area (Å²) in [7, 11) is 0. The molecule has 3 atom stereocenters. The van der Waals surface area contributed by atoms with Crippen molar-refractivity contribution in [2.24, 2.45) is 0 Å². The Morgan fingerprint density at radius 2 is 1.93 bits per heavy atom. The Hall–Kier alpha value is -0.200. The fourth-order valence-electron chi connectivity index (χ4n) is 1.93. The average Bonchev–Trinajstić information content (AvgIpc) is 2.47. The molecule has 82 valence electrons. The second-order valence-corrected chi connectivity index (χ2v) is 3.96. The zero-order valence-corrected chi connectivity index (χ0v) is 8.13. The molecule has 0 aromatic carbocycles. The Kier molecular flexibility index (Phi) is 3.35. The van der Waals surface area contributed by atoms with Gasteiger partial charge in [-0.05, 0) is 6.42 Å². The second kappa shape index (κ2) is 4.55. The summed E-state index contributed by atoms with van der Waals surface area (Å²) in [5, 5.41) is 18.7. The van der Waals surface area contributed by atoms with Crippen LogP contribution >= 0.6 is 0 Å². The fraction of sp³-hybridized carbons (Fsp3) is 1.00. The Morgan fingerprint density at radius 3 is 2.50 bits per heavy atom. The lowest BCUT2D eigenvalue weighted by atomic mass is 10.2. The normalized spacial score (nSPS) is 40.3. The van der Waals surface area contributed by atoms with Gasteiger partial charge >= 0.3 is 0 Å². The number of aliphatic hydroxyl groups excluding tert-OH is 2. The summed E-state index contributed by atoms with van der Waals surface area (Å²) < 4.78 is 10.5. The molecule has 1 unspecified atom stereocenters. The van der Waals surface area contributed by atoms with Crippen molar-refractivity contribution in [2.75, 3.05) is 33.0 Å². The average molecular weight is 203 g/mol. The molecule has 0 saturated carbocycles. The van der Waals surface area contributed by atoms with E-state index >= 15 is 0 Å². The molecular weight excluding hydrogens is 186 g/mol. The van der Waals surface area contributed by atoms with E-state index in [0.29, 0.717) is 19.9 Å². The van der Waals surface area contributed by atoms with Crippen LogP contribution in [0.2, 0.25) is 0 Å². The quantitative estimate of drug-likeness (QED) is 0.589. The molecule has 2 rings (SSSR count). The lowest BCUT2D eigenvalue weighted by molar-refractivity contribution is -0.144. The van der Waals surface area contributed by atoms with E-state index in [1.54, 1.807) is 0 Å². The molecule has 2 aliphatic rings. The van der Waals surface area contributed by atoms with Gasteiger partial charge in [-0.15, -0.1) is 0 Å². The summed E-state index contributed by atoms with van der Waals surface area (Å²) in [6.45, 7) is 2.97. The molecule has 0 aromatic heterocycles. The maximum Gasteiger partial charge on any atom is 0.147 e. The van der Waals surface area contributed by atoms with Crippen molar-refractivity contribution < 1.29 is 19.7 Å². The summed E-state index contributed by atoms with van der Waals surface area (Å²) in [6.07, 6.45) is -0.131. The molecule has 0 amide bonds. The number of hydrogen-bond donors (Lipinski definition) is 2. The zero-order valence-electron chi connectivity index (χ0n) is 8.13. The summed E-state index contributed by atoms with van der Waals surface area (Å²) in [4.78, 5) is 2.03. The molecule has 0 bridgehead atoms. The standard InChI is InChI=1S/C9H17NO4/c11-8-4-10(5-9(8)12)3-7-1-2-13-6-14-7/h7-9,11-12H,1-6H2/t7?,8-,9+. The second-order valence-electron chi connectivity index (χ2n) is 3.96. The van der Waals surface area contributed by atoms with Crippen LogP contribution < -0.4 is 0 Å². The van der Waals surface area contributed by atoms with E-state index in [9.17, 15) is 10.2 Å². The van der Waals surface area contributed by atoms with E-state index in [2.05, 4.69) is 0 Å². The third-order valence-corrected chi connectivity index (χ3v) is 2.77. The van der Waals surface area contributed by atoms with E-state index in [-0.39, 0.29) is 6.10 Å². The lowest BCUT2D eigenvalue weighted by Crippen LogP contribution is -2.36.